The summed E-state index contributed by atoms with van der Waals surface area (Å²) in [6.07, 6.45) is 0.550. The highest BCUT2D eigenvalue weighted by Crippen LogP contribution is 2.48. The predicted molar refractivity (Wildman–Crippen MR) is 101 cm³/mol. The van der Waals surface area contributed by atoms with Crippen molar-refractivity contribution in [2.24, 2.45) is 0 Å². The highest BCUT2D eigenvalue weighted by atomic mass is 35.5. The van der Waals surface area contributed by atoms with Crippen molar-refractivity contribution in [3.05, 3.63) is 52.6 Å². The predicted octanol–water partition coefficient (Wildman–Crippen LogP) is 3.42. The number of carbonyl (C=O) groups excluding carboxylic acids is 2. The first-order valence-corrected chi connectivity index (χ1v) is 9.13. The summed E-state index contributed by atoms with van der Waals surface area (Å²) < 4.78 is 37.8. The third-order valence-corrected chi connectivity index (χ3v) is 4.29. The Hall–Kier alpha value is -2.88. The van der Waals surface area contributed by atoms with Crippen molar-refractivity contribution in [3.8, 4) is 0 Å². The van der Waals surface area contributed by atoms with E-state index in [2.05, 4.69) is 15.3 Å². The smallest absolute Gasteiger partial charge is 0.317 e. The molecule has 0 unspecified atom stereocenters. The number of hydrazine groups is 1. The van der Waals surface area contributed by atoms with Gasteiger partial charge in [0, 0.05) is 12.4 Å². The molecular formula is C18H19ClF3N5O2. The Bertz CT molecular complexity index is 876. The third-order valence-electron chi connectivity index (χ3n) is 3.98. The largest absolute Gasteiger partial charge is 0.345 e. The molecule has 0 radical (unpaired) electrons. The molecule has 3 rings (SSSR count). The van der Waals surface area contributed by atoms with Crippen molar-refractivity contribution >= 4 is 29.4 Å². The quantitative estimate of drug-likeness (QED) is 0.633. The fourth-order valence-electron chi connectivity index (χ4n) is 2.37. The van der Waals surface area contributed by atoms with Crippen LogP contribution in [0.5, 0.6) is 0 Å². The second-order valence-corrected chi connectivity index (χ2v) is 6.28. The maximum Gasteiger partial charge on any atom is 0.317 e. The summed E-state index contributed by atoms with van der Waals surface area (Å²) >= 11 is 5.70. The van der Waals surface area contributed by atoms with E-state index in [4.69, 9.17) is 11.6 Å². The molecule has 7 nitrogen and oxygen atoms in total. The maximum atomic E-state index is 13.7. The van der Waals surface area contributed by atoms with Crippen LogP contribution in [-0.4, -0.2) is 28.2 Å². The van der Waals surface area contributed by atoms with Gasteiger partial charge < -0.3 is 5.32 Å². The van der Waals surface area contributed by atoms with Gasteiger partial charge in [0.15, 0.2) is 0 Å². The molecule has 156 valence electrons. The number of benzene rings is 1. The van der Waals surface area contributed by atoms with Gasteiger partial charge in [-0.1, -0.05) is 31.5 Å². The van der Waals surface area contributed by atoms with Crippen LogP contribution in [0.25, 0.3) is 0 Å². The lowest BCUT2D eigenvalue weighted by Crippen LogP contribution is -2.44. The fraction of sp³-hybridized carbons (Fsp3) is 0.333. The van der Waals surface area contributed by atoms with Gasteiger partial charge in [0.05, 0.1) is 16.1 Å². The summed E-state index contributed by atoms with van der Waals surface area (Å²) in [5.41, 5.74) is 3.53. The van der Waals surface area contributed by atoms with E-state index in [0.717, 1.165) is 25.2 Å². The van der Waals surface area contributed by atoms with Crippen molar-refractivity contribution in [1.29, 1.82) is 0 Å². The minimum Gasteiger partial charge on any atom is -0.345 e. The van der Waals surface area contributed by atoms with Crippen molar-refractivity contribution in [2.45, 2.75) is 38.7 Å². The van der Waals surface area contributed by atoms with Crippen LogP contribution < -0.4 is 16.2 Å². The van der Waals surface area contributed by atoms with Crippen molar-refractivity contribution in [2.75, 3.05) is 5.32 Å². The number of aromatic nitrogens is 2. The van der Waals surface area contributed by atoms with Crippen LogP contribution in [0.4, 0.5) is 19.1 Å². The minimum absolute atomic E-state index is 0.0279. The number of anilines is 1. The molecule has 1 aromatic carbocycles. The van der Waals surface area contributed by atoms with Crippen LogP contribution in [0.1, 0.15) is 42.6 Å². The molecule has 1 fully saturated rings. The number of alkyl halides is 2. The lowest BCUT2D eigenvalue weighted by molar-refractivity contribution is -0.132. The summed E-state index contributed by atoms with van der Waals surface area (Å²) in [4.78, 5) is 30.4. The van der Waals surface area contributed by atoms with Crippen molar-refractivity contribution in [1.82, 2.24) is 20.8 Å². The van der Waals surface area contributed by atoms with Gasteiger partial charge in [0.1, 0.15) is 5.82 Å². The van der Waals surface area contributed by atoms with Crippen LogP contribution in [-0.2, 0) is 10.3 Å². The van der Waals surface area contributed by atoms with Gasteiger partial charge in [0.2, 0.25) is 5.95 Å². The van der Waals surface area contributed by atoms with Gasteiger partial charge >= 0.3 is 12.3 Å². The summed E-state index contributed by atoms with van der Waals surface area (Å²) in [6.45, 7) is 4.00. The first kappa shape index (κ1) is 22.4. The summed E-state index contributed by atoms with van der Waals surface area (Å²) in [7, 11) is 0. The molecule has 2 aromatic rings. The first-order chi connectivity index (χ1) is 13.8. The van der Waals surface area contributed by atoms with E-state index in [1.807, 2.05) is 19.3 Å². The number of hydrogen-bond acceptors (Lipinski definition) is 5. The number of nitrogens with zero attached hydrogens (tertiary/aromatic N) is 2. The number of halogens is 4. The molecule has 29 heavy (non-hydrogen) atoms. The topological polar surface area (TPSA) is 96.0 Å². The molecule has 1 saturated carbocycles. The van der Waals surface area contributed by atoms with E-state index in [0.29, 0.717) is 5.56 Å². The molecule has 11 heteroatoms. The Morgan fingerprint density at radius 3 is 2.28 bits per heavy atom. The zero-order valence-electron chi connectivity index (χ0n) is 15.6. The zero-order valence-corrected chi connectivity index (χ0v) is 16.4. The van der Waals surface area contributed by atoms with E-state index in [-0.39, 0.29) is 16.5 Å². The average molecular weight is 430 g/mol. The van der Waals surface area contributed by atoms with Crippen LogP contribution in [0.3, 0.4) is 0 Å². The molecular weight excluding hydrogens is 411 g/mol. The number of hydrogen-bond donors (Lipinski definition) is 3. The molecule has 0 spiro atoms. The highest BCUT2D eigenvalue weighted by Gasteiger charge is 2.45. The van der Waals surface area contributed by atoms with Crippen molar-refractivity contribution < 1.29 is 22.8 Å². The second kappa shape index (κ2) is 9.55. The van der Waals surface area contributed by atoms with E-state index in [9.17, 15) is 22.8 Å². The average Bonchev–Trinajstić information content (AvgIpc) is 3.50. The summed E-state index contributed by atoms with van der Waals surface area (Å²) in [6, 6.07) is 4.52. The Kier molecular flexibility index (Phi) is 7.38. The molecule has 1 aliphatic rings. The van der Waals surface area contributed by atoms with E-state index in [1.54, 1.807) is 11.5 Å². The molecule has 0 atom stereocenters. The monoisotopic (exact) mass is 429 g/mol. The van der Waals surface area contributed by atoms with E-state index < -0.39 is 29.6 Å². The van der Waals surface area contributed by atoms with Gasteiger partial charge in [-0.3, -0.25) is 20.4 Å². The van der Waals surface area contributed by atoms with Gasteiger partial charge in [-0.15, -0.1) is 0 Å². The maximum absolute atomic E-state index is 13.7. The Balaban J connectivity index is 0.00000145. The Labute approximate surface area is 170 Å². The Morgan fingerprint density at radius 1 is 1.14 bits per heavy atom. The van der Waals surface area contributed by atoms with Crippen LogP contribution >= 0.6 is 11.6 Å². The van der Waals surface area contributed by atoms with E-state index in [1.165, 1.54) is 12.1 Å². The Morgan fingerprint density at radius 2 is 1.76 bits per heavy atom. The lowest BCUT2D eigenvalue weighted by Gasteiger charge is -2.18. The van der Waals surface area contributed by atoms with Gasteiger partial charge in [-0.2, -0.15) is 8.78 Å². The molecule has 2 amide bonds. The minimum atomic E-state index is -3.25. The normalized spacial score (nSPS) is 13.8. The summed E-state index contributed by atoms with van der Waals surface area (Å²) in [5, 5.41) is 3.12. The van der Waals surface area contributed by atoms with Gasteiger partial charge in [0.25, 0.3) is 5.91 Å². The van der Waals surface area contributed by atoms with Gasteiger partial charge in [-0.05, 0) is 30.5 Å². The number of rotatable bonds is 5. The zero-order chi connectivity index (χ0) is 21.6. The fourth-order valence-corrected chi connectivity index (χ4v) is 2.49. The van der Waals surface area contributed by atoms with Crippen LogP contribution in [0.2, 0.25) is 5.02 Å². The first-order valence-electron chi connectivity index (χ1n) is 8.75. The lowest BCUT2D eigenvalue weighted by atomic mass is 10.1. The molecule has 0 saturated heterocycles. The van der Waals surface area contributed by atoms with E-state index >= 15 is 0 Å². The van der Waals surface area contributed by atoms with Gasteiger partial charge in [-0.25, -0.2) is 14.4 Å². The second-order valence-electron chi connectivity index (χ2n) is 5.88. The molecule has 1 heterocycles. The standard InChI is InChI=1S/C16H13ClF3N5O2.C2H6/c17-10-2-1-9(5-11(10)18)16(3-4-16)23-15-21-6-8(7-22-15)13(26)24-25-14(27)12(19)20;1-2/h1-2,5-7,12H,3-4H2,(H,24,26)(H,25,27)(H,21,22,23);1-2H3. The van der Waals surface area contributed by atoms with Crippen LogP contribution in [0, 0.1) is 5.82 Å². The SMILES string of the molecule is CC.O=C(NNC(=O)C(F)F)c1cnc(NC2(c3ccc(Cl)c(F)c3)CC2)nc1. The number of amides is 2. The number of nitrogens with one attached hydrogen (secondary N) is 3. The molecule has 1 aromatic heterocycles. The molecule has 3 N–H and O–H groups in total. The third kappa shape index (κ3) is 5.57. The molecule has 0 bridgehead atoms. The van der Waals surface area contributed by atoms with Crippen LogP contribution in [0.15, 0.2) is 30.6 Å². The molecule has 0 aliphatic heterocycles. The summed E-state index contributed by atoms with van der Waals surface area (Å²) in [5.74, 6) is -2.80. The van der Waals surface area contributed by atoms with Crippen molar-refractivity contribution in [3.63, 3.8) is 0 Å². The number of carbonyl (C=O) groups is 2. The highest BCUT2D eigenvalue weighted by molar-refractivity contribution is 6.30. The molecule has 1 aliphatic carbocycles.